The Hall–Kier alpha value is -0.0800. The normalized spacial score (nSPS) is 14.7. The van der Waals surface area contributed by atoms with Crippen LogP contribution in [0.15, 0.2) is 0 Å². The number of likely N-dealkylation sites (N-methyl/N-ethyl adjacent to an activating group) is 1. The van der Waals surface area contributed by atoms with Gasteiger partial charge >= 0.3 is 0 Å². The summed E-state index contributed by atoms with van der Waals surface area (Å²) in [4.78, 5) is 2.17. The Balaban J connectivity index is 3.80. The highest BCUT2D eigenvalue weighted by Crippen LogP contribution is 2.06. The van der Waals surface area contributed by atoms with Gasteiger partial charge in [0.15, 0.2) is 0 Å². The van der Waals surface area contributed by atoms with E-state index in [-0.39, 0.29) is 6.61 Å². The molecule has 0 bridgehead atoms. The lowest BCUT2D eigenvalue weighted by molar-refractivity contribution is 0.117. The fourth-order valence-corrected chi connectivity index (χ4v) is 1.09. The summed E-state index contributed by atoms with van der Waals surface area (Å²) in [6.45, 7) is 7.64. The summed E-state index contributed by atoms with van der Waals surface area (Å²) < 4.78 is 0. The van der Waals surface area contributed by atoms with Crippen LogP contribution in [0.1, 0.15) is 20.8 Å². The van der Waals surface area contributed by atoms with Crippen LogP contribution in [0, 0.1) is 5.92 Å². The molecule has 0 aromatic heterocycles. The molecule has 0 aliphatic heterocycles. The van der Waals surface area contributed by atoms with Crippen LogP contribution in [0.4, 0.5) is 0 Å². The molecule has 0 saturated carbocycles. The van der Waals surface area contributed by atoms with E-state index in [2.05, 4.69) is 25.7 Å². The average Bonchev–Trinajstić information content (AvgIpc) is 1.88. The van der Waals surface area contributed by atoms with E-state index in [9.17, 15) is 0 Å². The summed E-state index contributed by atoms with van der Waals surface area (Å²) in [5, 5.41) is 8.96. The summed E-state index contributed by atoms with van der Waals surface area (Å²) in [6, 6.07) is 0.324. The molecule has 0 aromatic carbocycles. The van der Waals surface area contributed by atoms with Gasteiger partial charge in [0.25, 0.3) is 0 Å². The van der Waals surface area contributed by atoms with E-state index in [0.717, 1.165) is 6.54 Å². The molecule has 0 spiro atoms. The van der Waals surface area contributed by atoms with E-state index in [1.54, 1.807) is 0 Å². The molecule has 2 nitrogen and oxygen atoms in total. The maximum absolute atomic E-state index is 8.96. The fourth-order valence-electron chi connectivity index (χ4n) is 1.09. The minimum absolute atomic E-state index is 0.266. The van der Waals surface area contributed by atoms with E-state index in [0.29, 0.717) is 12.0 Å². The molecule has 0 rings (SSSR count). The quantitative estimate of drug-likeness (QED) is 0.637. The van der Waals surface area contributed by atoms with Crippen LogP contribution in [-0.2, 0) is 0 Å². The van der Waals surface area contributed by atoms with E-state index >= 15 is 0 Å². The monoisotopic (exact) mass is 145 g/mol. The zero-order valence-corrected chi connectivity index (χ0v) is 7.46. The zero-order valence-electron chi connectivity index (χ0n) is 7.46. The molecule has 0 aliphatic rings. The first-order valence-electron chi connectivity index (χ1n) is 3.94. The second-order valence-electron chi connectivity index (χ2n) is 3.07. The molecule has 0 aromatic rings. The van der Waals surface area contributed by atoms with Gasteiger partial charge in [-0.2, -0.15) is 0 Å². The Morgan fingerprint density at radius 1 is 1.40 bits per heavy atom. The third kappa shape index (κ3) is 2.67. The molecular weight excluding hydrogens is 126 g/mol. The molecular formula is C8H19NO. The first-order chi connectivity index (χ1) is 4.63. The Labute approximate surface area is 63.8 Å². The van der Waals surface area contributed by atoms with Crippen molar-refractivity contribution < 1.29 is 5.11 Å². The number of aliphatic hydroxyl groups excluding tert-OH is 1. The molecule has 62 valence electrons. The van der Waals surface area contributed by atoms with Gasteiger partial charge in [-0.3, -0.25) is 0 Å². The molecule has 2 heteroatoms. The molecule has 0 heterocycles. The molecule has 0 radical (unpaired) electrons. The Kier molecular flexibility index (Phi) is 4.65. The van der Waals surface area contributed by atoms with Crippen LogP contribution in [0.25, 0.3) is 0 Å². The molecule has 1 atom stereocenters. The van der Waals surface area contributed by atoms with Crippen LogP contribution in [0.3, 0.4) is 0 Å². The largest absolute Gasteiger partial charge is 0.395 e. The summed E-state index contributed by atoms with van der Waals surface area (Å²) in [7, 11) is 2.04. The van der Waals surface area contributed by atoms with Gasteiger partial charge in [-0.05, 0) is 19.5 Å². The summed E-state index contributed by atoms with van der Waals surface area (Å²) in [5.41, 5.74) is 0. The van der Waals surface area contributed by atoms with Crippen molar-refractivity contribution in [3.05, 3.63) is 0 Å². The topological polar surface area (TPSA) is 23.5 Å². The lowest BCUT2D eigenvalue weighted by Gasteiger charge is -2.28. The van der Waals surface area contributed by atoms with Crippen molar-refractivity contribution in [1.29, 1.82) is 0 Å². The first kappa shape index (κ1) is 9.92. The van der Waals surface area contributed by atoms with Crippen molar-refractivity contribution in [1.82, 2.24) is 4.90 Å². The molecule has 0 unspecified atom stereocenters. The van der Waals surface area contributed by atoms with Crippen LogP contribution in [0.2, 0.25) is 0 Å². The first-order valence-corrected chi connectivity index (χ1v) is 3.94. The Morgan fingerprint density at radius 3 is 2.00 bits per heavy atom. The zero-order chi connectivity index (χ0) is 8.15. The van der Waals surface area contributed by atoms with Gasteiger partial charge in [0, 0.05) is 6.04 Å². The fraction of sp³-hybridized carbons (Fsp3) is 1.00. The molecule has 0 saturated heterocycles. The van der Waals surface area contributed by atoms with E-state index in [1.807, 2.05) is 7.05 Å². The van der Waals surface area contributed by atoms with Crippen molar-refractivity contribution >= 4 is 0 Å². The van der Waals surface area contributed by atoms with Gasteiger partial charge in [-0.15, -0.1) is 0 Å². The summed E-state index contributed by atoms with van der Waals surface area (Å²) in [5.74, 6) is 0.537. The van der Waals surface area contributed by atoms with Gasteiger partial charge in [0.2, 0.25) is 0 Å². The highest BCUT2D eigenvalue weighted by atomic mass is 16.3. The maximum atomic E-state index is 8.96. The predicted octanol–water partition coefficient (Wildman–Crippen LogP) is 0.955. The third-order valence-electron chi connectivity index (χ3n) is 2.02. The van der Waals surface area contributed by atoms with E-state index in [1.165, 1.54) is 0 Å². The minimum Gasteiger partial charge on any atom is -0.395 e. The minimum atomic E-state index is 0.266. The smallest absolute Gasteiger partial charge is 0.0589 e. The van der Waals surface area contributed by atoms with Gasteiger partial charge in [0.05, 0.1) is 6.61 Å². The number of aliphatic hydroxyl groups is 1. The van der Waals surface area contributed by atoms with Crippen LogP contribution >= 0.6 is 0 Å². The third-order valence-corrected chi connectivity index (χ3v) is 2.02. The molecule has 0 fully saturated rings. The van der Waals surface area contributed by atoms with Crippen LogP contribution in [-0.4, -0.2) is 36.2 Å². The molecule has 0 amide bonds. The van der Waals surface area contributed by atoms with Crippen molar-refractivity contribution in [3.8, 4) is 0 Å². The lowest BCUT2D eigenvalue weighted by atomic mass is 10.0. The SMILES string of the molecule is CCN(C)[C@H](CO)C(C)C. The molecule has 10 heavy (non-hydrogen) atoms. The second kappa shape index (κ2) is 4.69. The van der Waals surface area contributed by atoms with Crippen molar-refractivity contribution in [2.75, 3.05) is 20.2 Å². The Morgan fingerprint density at radius 2 is 1.90 bits per heavy atom. The number of nitrogens with zero attached hydrogens (tertiary/aromatic N) is 1. The maximum Gasteiger partial charge on any atom is 0.0589 e. The van der Waals surface area contributed by atoms with Crippen molar-refractivity contribution in [3.63, 3.8) is 0 Å². The lowest BCUT2D eigenvalue weighted by Crippen LogP contribution is -2.38. The van der Waals surface area contributed by atoms with E-state index < -0.39 is 0 Å². The van der Waals surface area contributed by atoms with Gasteiger partial charge < -0.3 is 10.0 Å². The van der Waals surface area contributed by atoms with E-state index in [4.69, 9.17) is 5.11 Å². The molecule has 0 aliphatic carbocycles. The second-order valence-corrected chi connectivity index (χ2v) is 3.07. The van der Waals surface area contributed by atoms with Crippen molar-refractivity contribution in [2.24, 2.45) is 5.92 Å². The Bertz CT molecular complexity index is 83.3. The number of rotatable bonds is 4. The standard InChI is InChI=1S/C8H19NO/c1-5-9(4)8(6-10)7(2)3/h7-8,10H,5-6H2,1-4H3/t8-/m1/s1. The number of hydrogen-bond acceptors (Lipinski definition) is 2. The van der Waals surface area contributed by atoms with Crippen molar-refractivity contribution in [2.45, 2.75) is 26.8 Å². The highest BCUT2D eigenvalue weighted by Gasteiger charge is 2.15. The van der Waals surface area contributed by atoms with Crippen LogP contribution in [0.5, 0.6) is 0 Å². The average molecular weight is 145 g/mol. The van der Waals surface area contributed by atoms with Gasteiger partial charge in [0.1, 0.15) is 0 Å². The van der Waals surface area contributed by atoms with Gasteiger partial charge in [-0.25, -0.2) is 0 Å². The van der Waals surface area contributed by atoms with Gasteiger partial charge in [-0.1, -0.05) is 20.8 Å². The molecule has 1 N–H and O–H groups in total. The van der Waals surface area contributed by atoms with Crippen LogP contribution < -0.4 is 0 Å². The number of hydrogen-bond donors (Lipinski definition) is 1. The predicted molar refractivity (Wildman–Crippen MR) is 44.0 cm³/mol. The highest BCUT2D eigenvalue weighted by molar-refractivity contribution is 4.69. The summed E-state index contributed by atoms with van der Waals surface area (Å²) in [6.07, 6.45) is 0. The summed E-state index contributed by atoms with van der Waals surface area (Å²) >= 11 is 0.